The Hall–Kier alpha value is -0.680. The van der Waals surface area contributed by atoms with Gasteiger partial charge in [-0.25, -0.2) is 4.79 Å². The van der Waals surface area contributed by atoms with Gasteiger partial charge in [0.15, 0.2) is 0 Å². The number of rotatable bonds is 2. The lowest BCUT2D eigenvalue weighted by Crippen LogP contribution is -2.46. The van der Waals surface area contributed by atoms with Crippen LogP contribution in [0.25, 0.3) is 0 Å². The predicted molar refractivity (Wildman–Crippen MR) is 78.3 cm³/mol. The minimum Gasteiger partial charge on any atom is -0.444 e. The number of benzene rings is 1. The molecule has 0 aliphatic carbocycles. The largest absolute Gasteiger partial charge is 0.444 e. The molecular weight excluding hydrogens is 311 g/mol. The van der Waals surface area contributed by atoms with Crippen LogP contribution in [0.15, 0.2) is 18.2 Å². The first-order valence-corrected chi connectivity index (χ1v) is 6.49. The molecule has 0 saturated carbocycles. The summed E-state index contributed by atoms with van der Waals surface area (Å²) in [5, 5.41) is 4.19. The second kappa shape index (κ2) is 7.80. The highest BCUT2D eigenvalue weighted by molar-refractivity contribution is 6.35. The molecule has 0 aromatic heterocycles. The van der Waals surface area contributed by atoms with E-state index in [1.165, 1.54) is 0 Å². The van der Waals surface area contributed by atoms with Gasteiger partial charge in [0.05, 0.1) is 0 Å². The van der Waals surface area contributed by atoms with Crippen molar-refractivity contribution in [2.45, 2.75) is 6.61 Å². The van der Waals surface area contributed by atoms with Crippen LogP contribution in [-0.4, -0.2) is 37.2 Å². The van der Waals surface area contributed by atoms with Gasteiger partial charge in [0.25, 0.3) is 0 Å². The highest BCUT2D eigenvalue weighted by atomic mass is 35.5. The first-order valence-electron chi connectivity index (χ1n) is 5.74. The van der Waals surface area contributed by atoms with Crippen molar-refractivity contribution in [3.05, 3.63) is 33.8 Å². The van der Waals surface area contributed by atoms with Crippen molar-refractivity contribution in [3.8, 4) is 0 Å². The van der Waals surface area contributed by atoms with E-state index in [9.17, 15) is 4.79 Å². The van der Waals surface area contributed by atoms with Crippen molar-refractivity contribution in [1.82, 2.24) is 10.2 Å². The Kier molecular flexibility index (Phi) is 6.72. The number of carbonyl (C=O) groups is 1. The summed E-state index contributed by atoms with van der Waals surface area (Å²) in [6.07, 6.45) is -0.326. The van der Waals surface area contributed by atoms with Crippen LogP contribution in [0.5, 0.6) is 0 Å². The van der Waals surface area contributed by atoms with Gasteiger partial charge in [-0.1, -0.05) is 29.3 Å². The van der Waals surface area contributed by atoms with Gasteiger partial charge in [-0.05, 0) is 12.1 Å². The van der Waals surface area contributed by atoms with Crippen molar-refractivity contribution < 1.29 is 9.53 Å². The highest BCUT2D eigenvalue weighted by Gasteiger charge is 2.18. The quantitative estimate of drug-likeness (QED) is 0.909. The predicted octanol–water partition coefficient (Wildman–Crippen LogP) is 2.96. The smallest absolute Gasteiger partial charge is 0.410 e. The summed E-state index contributed by atoms with van der Waals surface area (Å²) >= 11 is 12.0. The van der Waals surface area contributed by atoms with E-state index in [0.717, 1.165) is 13.1 Å². The Morgan fingerprint density at radius 3 is 2.42 bits per heavy atom. The van der Waals surface area contributed by atoms with Crippen LogP contribution in [0, 0.1) is 0 Å². The Bertz CT molecular complexity index is 417. The lowest BCUT2D eigenvalue weighted by atomic mass is 10.2. The molecule has 0 radical (unpaired) electrons. The summed E-state index contributed by atoms with van der Waals surface area (Å²) in [5.41, 5.74) is 0.643. The molecule has 0 atom stereocenters. The molecule has 0 spiro atoms. The first kappa shape index (κ1) is 16.4. The summed E-state index contributed by atoms with van der Waals surface area (Å²) in [6, 6.07) is 5.20. The van der Waals surface area contributed by atoms with E-state index in [1.807, 2.05) is 0 Å². The van der Waals surface area contributed by atoms with Crippen LogP contribution in [0.4, 0.5) is 4.79 Å². The SMILES string of the molecule is Cl.O=C(OCc1c(Cl)cccc1Cl)N1CCNCC1. The first-order chi connectivity index (χ1) is 8.68. The summed E-state index contributed by atoms with van der Waals surface area (Å²) in [7, 11) is 0. The lowest BCUT2D eigenvalue weighted by Gasteiger charge is -2.26. The van der Waals surface area contributed by atoms with Crippen LogP contribution in [0.2, 0.25) is 10.0 Å². The minimum absolute atomic E-state index is 0. The molecule has 19 heavy (non-hydrogen) atoms. The third kappa shape index (κ3) is 4.42. The lowest BCUT2D eigenvalue weighted by molar-refractivity contribution is 0.0919. The average Bonchev–Trinajstić information content (AvgIpc) is 2.39. The van der Waals surface area contributed by atoms with Gasteiger partial charge in [0.2, 0.25) is 0 Å². The van der Waals surface area contributed by atoms with Crippen molar-refractivity contribution in [2.24, 2.45) is 0 Å². The molecule has 106 valence electrons. The molecule has 4 nitrogen and oxygen atoms in total. The van der Waals surface area contributed by atoms with Crippen LogP contribution in [0.3, 0.4) is 0 Å². The summed E-state index contributed by atoms with van der Waals surface area (Å²) in [5.74, 6) is 0. The van der Waals surface area contributed by atoms with Gasteiger partial charge in [-0.2, -0.15) is 0 Å². The summed E-state index contributed by atoms with van der Waals surface area (Å²) in [4.78, 5) is 13.5. The van der Waals surface area contributed by atoms with Crippen molar-refractivity contribution >= 4 is 41.7 Å². The second-order valence-corrected chi connectivity index (χ2v) is 4.81. The highest BCUT2D eigenvalue weighted by Crippen LogP contribution is 2.25. The molecule has 0 unspecified atom stereocenters. The van der Waals surface area contributed by atoms with E-state index in [4.69, 9.17) is 27.9 Å². The van der Waals surface area contributed by atoms with Gasteiger partial charge in [-0.3, -0.25) is 0 Å². The topological polar surface area (TPSA) is 41.6 Å². The minimum atomic E-state index is -0.326. The third-order valence-corrected chi connectivity index (χ3v) is 3.49. The van der Waals surface area contributed by atoms with Crippen LogP contribution in [0.1, 0.15) is 5.56 Å². The number of hydrogen-bond donors (Lipinski definition) is 1. The van der Waals surface area contributed by atoms with E-state index in [0.29, 0.717) is 28.7 Å². The molecule has 1 N–H and O–H groups in total. The molecule has 2 rings (SSSR count). The van der Waals surface area contributed by atoms with Crippen molar-refractivity contribution in [1.29, 1.82) is 0 Å². The number of ether oxygens (including phenoxy) is 1. The third-order valence-electron chi connectivity index (χ3n) is 2.78. The number of hydrogen-bond acceptors (Lipinski definition) is 3. The van der Waals surface area contributed by atoms with Crippen molar-refractivity contribution in [3.63, 3.8) is 0 Å². The van der Waals surface area contributed by atoms with Gasteiger partial charge >= 0.3 is 6.09 Å². The monoisotopic (exact) mass is 324 g/mol. The van der Waals surface area contributed by atoms with Gasteiger partial charge in [-0.15, -0.1) is 12.4 Å². The zero-order chi connectivity index (χ0) is 13.0. The molecule has 7 heteroatoms. The average molecular weight is 326 g/mol. The molecule has 1 heterocycles. The van der Waals surface area contributed by atoms with E-state index in [1.54, 1.807) is 23.1 Å². The van der Waals surface area contributed by atoms with E-state index in [2.05, 4.69) is 5.32 Å². The number of halogens is 3. The number of piperazine rings is 1. The number of nitrogens with zero attached hydrogens (tertiary/aromatic N) is 1. The zero-order valence-electron chi connectivity index (χ0n) is 10.2. The molecule has 1 aliphatic rings. The number of amides is 1. The van der Waals surface area contributed by atoms with Crippen LogP contribution < -0.4 is 5.32 Å². The zero-order valence-corrected chi connectivity index (χ0v) is 12.5. The molecule has 1 aliphatic heterocycles. The molecule has 0 bridgehead atoms. The van der Waals surface area contributed by atoms with E-state index >= 15 is 0 Å². The Labute approximate surface area is 128 Å². The molecular formula is C12H15Cl3N2O2. The normalized spacial score (nSPS) is 14.7. The van der Waals surface area contributed by atoms with Crippen molar-refractivity contribution in [2.75, 3.05) is 26.2 Å². The Balaban J connectivity index is 0.00000180. The molecule has 1 fully saturated rings. The molecule has 1 saturated heterocycles. The van der Waals surface area contributed by atoms with Crippen LogP contribution >= 0.6 is 35.6 Å². The van der Waals surface area contributed by atoms with E-state index in [-0.39, 0.29) is 25.1 Å². The maximum absolute atomic E-state index is 11.8. The second-order valence-electron chi connectivity index (χ2n) is 3.99. The summed E-state index contributed by atoms with van der Waals surface area (Å²) < 4.78 is 5.22. The number of carbonyl (C=O) groups excluding carboxylic acids is 1. The Morgan fingerprint density at radius 1 is 1.26 bits per heavy atom. The Morgan fingerprint density at radius 2 is 1.84 bits per heavy atom. The number of nitrogens with one attached hydrogen (secondary N) is 1. The van der Waals surface area contributed by atoms with Gasteiger partial charge < -0.3 is 15.0 Å². The summed E-state index contributed by atoms with van der Waals surface area (Å²) in [6.45, 7) is 3.01. The molecule has 1 amide bonds. The maximum atomic E-state index is 11.8. The fourth-order valence-corrected chi connectivity index (χ4v) is 2.25. The van der Waals surface area contributed by atoms with Gasteiger partial charge in [0.1, 0.15) is 6.61 Å². The van der Waals surface area contributed by atoms with E-state index < -0.39 is 0 Å². The van der Waals surface area contributed by atoms with Crippen LogP contribution in [-0.2, 0) is 11.3 Å². The standard InChI is InChI=1S/C12H14Cl2N2O2.ClH/c13-10-2-1-3-11(14)9(10)8-18-12(17)16-6-4-15-5-7-16;/h1-3,15H,4-8H2;1H. The maximum Gasteiger partial charge on any atom is 0.410 e. The van der Waals surface area contributed by atoms with Gasteiger partial charge in [0, 0.05) is 41.8 Å². The fourth-order valence-electron chi connectivity index (χ4n) is 1.74. The fraction of sp³-hybridized carbons (Fsp3) is 0.417. The molecule has 1 aromatic carbocycles. The molecule has 1 aromatic rings.